The molecule has 0 aromatic carbocycles. The number of esters is 4. The van der Waals surface area contributed by atoms with Crippen molar-refractivity contribution < 1.29 is 80.2 Å². The minimum Gasteiger partial charge on any atom is -0.462 e. The second kappa shape index (κ2) is 65.4. The van der Waals surface area contributed by atoms with Crippen LogP contribution in [0.2, 0.25) is 0 Å². The first-order valence-electron chi connectivity index (χ1n) is 37.6. The Morgan fingerprint density at radius 1 is 0.297 bits per heavy atom. The van der Waals surface area contributed by atoms with E-state index >= 15 is 0 Å². The first-order chi connectivity index (χ1) is 44.0. The van der Waals surface area contributed by atoms with E-state index in [4.69, 9.17) is 37.0 Å². The molecule has 17 nitrogen and oxygen atoms in total. The van der Waals surface area contributed by atoms with Gasteiger partial charge < -0.3 is 33.8 Å². The van der Waals surface area contributed by atoms with E-state index < -0.39 is 97.5 Å². The molecule has 0 rings (SSSR count). The second-order valence-corrected chi connectivity index (χ2v) is 29.4. The summed E-state index contributed by atoms with van der Waals surface area (Å²) in [7, 11) is -9.90. The highest BCUT2D eigenvalue weighted by molar-refractivity contribution is 7.47. The maximum atomic E-state index is 13.0. The smallest absolute Gasteiger partial charge is 0.462 e. The molecular formula is C72H140O17P2. The van der Waals surface area contributed by atoms with Crippen LogP contribution in [-0.2, 0) is 65.4 Å². The van der Waals surface area contributed by atoms with Crippen LogP contribution in [0.15, 0.2) is 0 Å². The summed E-state index contributed by atoms with van der Waals surface area (Å²) < 4.78 is 68.3. The zero-order valence-electron chi connectivity index (χ0n) is 59.0. The van der Waals surface area contributed by atoms with Crippen molar-refractivity contribution in [3.63, 3.8) is 0 Å². The van der Waals surface area contributed by atoms with Crippen LogP contribution in [0.3, 0.4) is 0 Å². The molecule has 3 N–H and O–H groups in total. The van der Waals surface area contributed by atoms with Gasteiger partial charge in [0.2, 0.25) is 0 Å². The van der Waals surface area contributed by atoms with Gasteiger partial charge in [-0.05, 0) is 31.6 Å². The van der Waals surface area contributed by atoms with E-state index in [1.54, 1.807) is 0 Å². The number of aliphatic hydroxyl groups is 1. The maximum absolute atomic E-state index is 13.0. The van der Waals surface area contributed by atoms with Gasteiger partial charge in [-0.3, -0.25) is 37.3 Å². The Bertz CT molecular complexity index is 1750. The quantitative estimate of drug-likeness (QED) is 0.0222. The van der Waals surface area contributed by atoms with Crippen molar-refractivity contribution >= 4 is 39.5 Å². The molecule has 0 spiro atoms. The van der Waals surface area contributed by atoms with Gasteiger partial charge in [0.25, 0.3) is 0 Å². The van der Waals surface area contributed by atoms with Crippen LogP contribution in [0.25, 0.3) is 0 Å². The number of carbonyl (C=O) groups is 4. The number of ether oxygens (including phenoxy) is 4. The highest BCUT2D eigenvalue weighted by Gasteiger charge is 2.30. The molecule has 0 aliphatic heterocycles. The summed E-state index contributed by atoms with van der Waals surface area (Å²) in [6.07, 6.45) is 52.9. The summed E-state index contributed by atoms with van der Waals surface area (Å²) in [5.74, 6) is -1.43. The third kappa shape index (κ3) is 66.5. The van der Waals surface area contributed by atoms with Crippen LogP contribution in [0, 0.1) is 5.92 Å². The van der Waals surface area contributed by atoms with Gasteiger partial charge in [0, 0.05) is 25.7 Å². The van der Waals surface area contributed by atoms with Crippen molar-refractivity contribution in [3.05, 3.63) is 0 Å². The number of hydrogen-bond donors (Lipinski definition) is 3. The number of phosphoric ester groups is 2. The Morgan fingerprint density at radius 2 is 0.505 bits per heavy atom. The summed E-state index contributed by atoms with van der Waals surface area (Å²) >= 11 is 0. The van der Waals surface area contributed by atoms with Crippen LogP contribution >= 0.6 is 15.6 Å². The molecule has 2 unspecified atom stereocenters. The van der Waals surface area contributed by atoms with E-state index in [1.165, 1.54) is 193 Å². The standard InChI is InChI=1S/C72H140O17P2/c1-6-9-12-15-18-21-23-25-27-28-29-31-33-35-37-42-47-52-57-71(76)88-67(62-83-70(75)56-51-46-41-36-34-32-30-26-24-22-19-16-13-10-7-2)63-86-90(78,79)84-59-66(73)60-85-91(80,81)87-64-68(61-82-69(74)55-50-45-40-20-17-14-11-8-3)89-72(77)58-53-48-43-38-39-44-49-54-65(4)5/h65-68,73H,6-64H2,1-5H3,(H,78,79)(H,80,81)/t66-,67-,68-/m1/s1. The predicted molar refractivity (Wildman–Crippen MR) is 368 cm³/mol. The maximum Gasteiger partial charge on any atom is 0.472 e. The average Bonchev–Trinajstić information content (AvgIpc) is 2.74. The molecule has 0 saturated carbocycles. The summed E-state index contributed by atoms with van der Waals surface area (Å²) in [6.45, 7) is 7.17. The van der Waals surface area contributed by atoms with E-state index in [0.717, 1.165) is 96.3 Å². The molecule has 0 saturated heterocycles. The number of phosphoric acid groups is 2. The Hall–Kier alpha value is -1.94. The van der Waals surface area contributed by atoms with Gasteiger partial charge in [0.15, 0.2) is 12.2 Å². The summed E-state index contributed by atoms with van der Waals surface area (Å²) in [5, 5.41) is 10.6. The fraction of sp³-hybridized carbons (Fsp3) is 0.944. The molecule has 5 atom stereocenters. The van der Waals surface area contributed by atoms with Gasteiger partial charge in [-0.25, -0.2) is 9.13 Å². The SMILES string of the molecule is CCCCCCCCCCCCCCCCCCCCC(=O)O[C@H](COC(=O)CCCCCCCCCCCCCCCCC)COP(=O)(O)OC[C@@H](O)COP(=O)(O)OC[C@@H](COC(=O)CCCCCCCCCC)OC(=O)CCCCCCCCCC(C)C. The minimum atomic E-state index is -4.95. The van der Waals surface area contributed by atoms with E-state index in [9.17, 15) is 43.2 Å². The monoisotopic (exact) mass is 1340 g/mol. The molecule has 0 aromatic heterocycles. The molecule has 0 heterocycles. The van der Waals surface area contributed by atoms with Crippen molar-refractivity contribution in [1.82, 2.24) is 0 Å². The number of carbonyl (C=O) groups excluding carboxylic acids is 4. The van der Waals surface area contributed by atoms with Gasteiger partial charge >= 0.3 is 39.5 Å². The van der Waals surface area contributed by atoms with Gasteiger partial charge in [-0.15, -0.1) is 0 Å². The van der Waals surface area contributed by atoms with Gasteiger partial charge in [0.05, 0.1) is 26.4 Å². The second-order valence-electron chi connectivity index (χ2n) is 26.5. The number of unbranched alkanes of at least 4 members (excludes halogenated alkanes) is 44. The predicted octanol–water partition coefficient (Wildman–Crippen LogP) is 20.9. The van der Waals surface area contributed by atoms with E-state index in [0.29, 0.717) is 31.6 Å². The molecule has 19 heteroatoms. The minimum absolute atomic E-state index is 0.104. The molecule has 0 bridgehead atoms. The lowest BCUT2D eigenvalue weighted by Gasteiger charge is -2.21. The zero-order valence-corrected chi connectivity index (χ0v) is 60.8. The van der Waals surface area contributed by atoms with Gasteiger partial charge in [-0.1, -0.05) is 324 Å². The molecule has 0 fully saturated rings. The normalized spacial score (nSPS) is 14.0. The van der Waals surface area contributed by atoms with Crippen LogP contribution in [-0.4, -0.2) is 96.7 Å². The zero-order chi connectivity index (χ0) is 67.0. The average molecular weight is 1340 g/mol. The van der Waals surface area contributed by atoms with E-state index in [-0.39, 0.29) is 25.7 Å². The van der Waals surface area contributed by atoms with Crippen molar-refractivity contribution in [2.45, 2.75) is 393 Å². The van der Waals surface area contributed by atoms with Crippen molar-refractivity contribution in [3.8, 4) is 0 Å². The number of rotatable bonds is 72. The highest BCUT2D eigenvalue weighted by Crippen LogP contribution is 2.45. The Kier molecular flexibility index (Phi) is 64.0. The van der Waals surface area contributed by atoms with Crippen LogP contribution < -0.4 is 0 Å². The number of hydrogen-bond acceptors (Lipinski definition) is 15. The van der Waals surface area contributed by atoms with Gasteiger partial charge in [-0.2, -0.15) is 0 Å². The van der Waals surface area contributed by atoms with Crippen LogP contribution in [0.1, 0.15) is 375 Å². The lowest BCUT2D eigenvalue weighted by Crippen LogP contribution is -2.30. The Labute approximate surface area is 556 Å². The Morgan fingerprint density at radius 3 is 0.747 bits per heavy atom. The molecular weight excluding hydrogens is 1200 g/mol. The largest absolute Gasteiger partial charge is 0.472 e. The fourth-order valence-electron chi connectivity index (χ4n) is 11.0. The summed E-state index contributed by atoms with van der Waals surface area (Å²) in [4.78, 5) is 72.5. The lowest BCUT2D eigenvalue weighted by atomic mass is 10.0. The van der Waals surface area contributed by atoms with Gasteiger partial charge in [0.1, 0.15) is 19.3 Å². The molecule has 0 aliphatic carbocycles. The first-order valence-corrected chi connectivity index (χ1v) is 40.6. The van der Waals surface area contributed by atoms with E-state index in [1.807, 2.05) is 0 Å². The summed E-state index contributed by atoms with van der Waals surface area (Å²) in [5.41, 5.74) is 0. The summed E-state index contributed by atoms with van der Waals surface area (Å²) in [6, 6.07) is 0. The van der Waals surface area contributed by atoms with E-state index in [2.05, 4.69) is 34.6 Å². The molecule has 0 aliphatic rings. The van der Waals surface area contributed by atoms with Crippen LogP contribution in [0.5, 0.6) is 0 Å². The third-order valence-corrected chi connectivity index (χ3v) is 18.7. The van der Waals surface area contributed by atoms with Crippen molar-refractivity contribution in [1.29, 1.82) is 0 Å². The lowest BCUT2D eigenvalue weighted by molar-refractivity contribution is -0.161. The number of aliphatic hydroxyl groups excluding tert-OH is 1. The topological polar surface area (TPSA) is 237 Å². The highest BCUT2D eigenvalue weighted by atomic mass is 31.2. The molecule has 91 heavy (non-hydrogen) atoms. The Balaban J connectivity index is 5.20. The molecule has 0 aromatic rings. The van der Waals surface area contributed by atoms with Crippen molar-refractivity contribution in [2.75, 3.05) is 39.6 Å². The molecule has 0 radical (unpaired) electrons. The molecule has 0 amide bonds. The molecule has 540 valence electrons. The van der Waals surface area contributed by atoms with Crippen LogP contribution in [0.4, 0.5) is 0 Å². The first kappa shape index (κ1) is 89.1. The fourth-order valence-corrected chi connectivity index (χ4v) is 12.6. The van der Waals surface area contributed by atoms with Crippen molar-refractivity contribution in [2.24, 2.45) is 5.92 Å². The third-order valence-electron chi connectivity index (χ3n) is 16.8.